The Morgan fingerprint density at radius 1 is 1.25 bits per heavy atom. The number of hydrogen-bond acceptors (Lipinski definition) is 4. The highest BCUT2D eigenvalue weighted by molar-refractivity contribution is 7.80. The minimum atomic E-state index is 0.439. The number of thiocarbonyl (C=S) groups is 1. The zero-order valence-electron chi connectivity index (χ0n) is 12.4. The number of rotatable bonds is 4. The number of nitrogens with zero attached hydrogens (tertiary/aromatic N) is 2. The zero-order valence-corrected chi connectivity index (χ0v) is 13.2. The molecule has 2 N–H and O–H groups in total. The number of ether oxygens (including phenoxy) is 1. The standard InChI is InChI=1S/C15H23N3OS/c1-11(2)17-6-8-18(9-7-17)14-10-12(19-3)4-5-13(14)15(16)20/h4-5,10-11H,6-9H2,1-3H3,(H2,16,20). The van der Waals surface area contributed by atoms with Crippen molar-refractivity contribution in [3.05, 3.63) is 23.8 Å². The van der Waals surface area contributed by atoms with Gasteiger partial charge in [0.1, 0.15) is 10.7 Å². The molecule has 0 spiro atoms. The minimum absolute atomic E-state index is 0.439. The minimum Gasteiger partial charge on any atom is -0.497 e. The van der Waals surface area contributed by atoms with E-state index in [1.165, 1.54) is 0 Å². The third-order valence-corrected chi connectivity index (χ3v) is 4.08. The first-order valence-corrected chi connectivity index (χ1v) is 7.40. The van der Waals surface area contributed by atoms with Gasteiger partial charge in [-0.2, -0.15) is 0 Å². The van der Waals surface area contributed by atoms with Crippen molar-refractivity contribution in [2.45, 2.75) is 19.9 Å². The van der Waals surface area contributed by atoms with Gasteiger partial charge in [0.25, 0.3) is 0 Å². The maximum atomic E-state index is 5.84. The molecule has 0 unspecified atom stereocenters. The highest BCUT2D eigenvalue weighted by Gasteiger charge is 2.21. The number of anilines is 1. The zero-order chi connectivity index (χ0) is 14.7. The van der Waals surface area contributed by atoms with E-state index in [9.17, 15) is 0 Å². The normalized spacial score (nSPS) is 16.5. The molecule has 0 bridgehead atoms. The van der Waals surface area contributed by atoms with Gasteiger partial charge in [-0.1, -0.05) is 12.2 Å². The average Bonchev–Trinajstić information content (AvgIpc) is 2.46. The first-order valence-electron chi connectivity index (χ1n) is 6.99. The van der Waals surface area contributed by atoms with Crippen LogP contribution in [0.5, 0.6) is 5.75 Å². The number of nitrogens with two attached hydrogens (primary N) is 1. The van der Waals surface area contributed by atoms with Gasteiger partial charge in [0, 0.05) is 43.9 Å². The van der Waals surface area contributed by atoms with Crippen LogP contribution in [0.25, 0.3) is 0 Å². The van der Waals surface area contributed by atoms with Gasteiger partial charge in [0.2, 0.25) is 0 Å². The van der Waals surface area contributed by atoms with Crippen molar-refractivity contribution in [3.63, 3.8) is 0 Å². The van der Waals surface area contributed by atoms with Crippen molar-refractivity contribution in [1.29, 1.82) is 0 Å². The molecule has 0 aliphatic carbocycles. The van der Waals surface area contributed by atoms with E-state index in [0.29, 0.717) is 11.0 Å². The van der Waals surface area contributed by atoms with Gasteiger partial charge < -0.3 is 15.4 Å². The Bertz CT molecular complexity index is 482. The predicted molar refractivity (Wildman–Crippen MR) is 87.8 cm³/mol. The molecule has 110 valence electrons. The van der Waals surface area contributed by atoms with E-state index in [-0.39, 0.29) is 0 Å². The quantitative estimate of drug-likeness (QED) is 0.858. The lowest BCUT2D eigenvalue weighted by Gasteiger charge is -2.38. The Morgan fingerprint density at radius 2 is 1.90 bits per heavy atom. The van der Waals surface area contributed by atoms with Crippen LogP contribution in [0.4, 0.5) is 5.69 Å². The maximum Gasteiger partial charge on any atom is 0.120 e. The fourth-order valence-electron chi connectivity index (χ4n) is 2.59. The summed E-state index contributed by atoms with van der Waals surface area (Å²) in [4.78, 5) is 5.27. The Hall–Kier alpha value is -1.33. The van der Waals surface area contributed by atoms with Gasteiger partial charge in [-0.3, -0.25) is 4.90 Å². The summed E-state index contributed by atoms with van der Waals surface area (Å²) in [6.45, 7) is 8.57. The molecule has 1 fully saturated rings. The third-order valence-electron chi connectivity index (χ3n) is 3.86. The van der Waals surface area contributed by atoms with E-state index in [1.807, 2.05) is 18.2 Å². The Balaban J connectivity index is 2.21. The summed E-state index contributed by atoms with van der Waals surface area (Å²) in [5, 5.41) is 0. The van der Waals surface area contributed by atoms with Crippen molar-refractivity contribution in [2.75, 3.05) is 38.2 Å². The van der Waals surface area contributed by atoms with Crippen LogP contribution in [0, 0.1) is 0 Å². The number of piperazine rings is 1. The number of methoxy groups -OCH3 is 1. The van der Waals surface area contributed by atoms with E-state index in [2.05, 4.69) is 23.6 Å². The molecule has 2 rings (SSSR count). The average molecular weight is 293 g/mol. The summed E-state index contributed by atoms with van der Waals surface area (Å²) >= 11 is 5.16. The van der Waals surface area contributed by atoms with Crippen LogP contribution in [0.15, 0.2) is 18.2 Å². The maximum absolute atomic E-state index is 5.84. The lowest BCUT2D eigenvalue weighted by Crippen LogP contribution is -2.49. The molecule has 4 nitrogen and oxygen atoms in total. The first kappa shape index (κ1) is 15.1. The van der Waals surface area contributed by atoms with E-state index in [0.717, 1.165) is 43.2 Å². The third kappa shape index (κ3) is 3.22. The van der Waals surface area contributed by atoms with Crippen LogP contribution >= 0.6 is 12.2 Å². The Labute approximate surface area is 126 Å². The highest BCUT2D eigenvalue weighted by Crippen LogP contribution is 2.27. The van der Waals surface area contributed by atoms with Crippen LogP contribution < -0.4 is 15.4 Å². The fraction of sp³-hybridized carbons (Fsp3) is 0.533. The molecule has 1 aromatic carbocycles. The molecule has 0 radical (unpaired) electrons. The highest BCUT2D eigenvalue weighted by atomic mass is 32.1. The van der Waals surface area contributed by atoms with Crippen molar-refractivity contribution >= 4 is 22.9 Å². The van der Waals surface area contributed by atoms with Crippen molar-refractivity contribution in [3.8, 4) is 5.75 Å². The van der Waals surface area contributed by atoms with Gasteiger partial charge in [-0.05, 0) is 26.0 Å². The fourth-order valence-corrected chi connectivity index (χ4v) is 2.76. The van der Waals surface area contributed by atoms with Crippen LogP contribution in [0.1, 0.15) is 19.4 Å². The first-order chi connectivity index (χ1) is 9.52. The second-order valence-corrected chi connectivity index (χ2v) is 5.80. The molecule has 1 heterocycles. The molecule has 20 heavy (non-hydrogen) atoms. The lowest BCUT2D eigenvalue weighted by molar-refractivity contribution is 0.209. The summed E-state index contributed by atoms with van der Waals surface area (Å²) < 4.78 is 5.32. The molecule has 0 saturated carbocycles. The summed E-state index contributed by atoms with van der Waals surface area (Å²) in [5.74, 6) is 0.839. The van der Waals surface area contributed by atoms with Gasteiger partial charge in [0.05, 0.1) is 12.8 Å². The molecule has 1 aromatic rings. The van der Waals surface area contributed by atoms with E-state index in [1.54, 1.807) is 7.11 Å². The second kappa shape index (κ2) is 6.41. The van der Waals surface area contributed by atoms with E-state index in [4.69, 9.17) is 22.7 Å². The Kier molecular flexibility index (Phi) is 4.83. The lowest BCUT2D eigenvalue weighted by atomic mass is 10.1. The SMILES string of the molecule is COc1ccc(C(N)=S)c(N2CCN(C(C)C)CC2)c1. The smallest absolute Gasteiger partial charge is 0.120 e. The van der Waals surface area contributed by atoms with Crippen LogP contribution in [0.3, 0.4) is 0 Å². The van der Waals surface area contributed by atoms with Gasteiger partial charge in [0.15, 0.2) is 0 Å². The summed E-state index contributed by atoms with van der Waals surface area (Å²) in [5.41, 5.74) is 7.85. The van der Waals surface area contributed by atoms with Crippen LogP contribution in [-0.4, -0.2) is 49.2 Å². The summed E-state index contributed by atoms with van der Waals surface area (Å²) in [6.07, 6.45) is 0. The predicted octanol–water partition coefficient (Wildman–Crippen LogP) is 1.86. The summed E-state index contributed by atoms with van der Waals surface area (Å²) in [7, 11) is 1.68. The van der Waals surface area contributed by atoms with E-state index < -0.39 is 0 Å². The second-order valence-electron chi connectivity index (χ2n) is 5.36. The molecule has 0 atom stereocenters. The van der Waals surface area contributed by atoms with Gasteiger partial charge in [-0.15, -0.1) is 0 Å². The molecular weight excluding hydrogens is 270 g/mol. The molecule has 1 saturated heterocycles. The van der Waals surface area contributed by atoms with Crippen molar-refractivity contribution < 1.29 is 4.74 Å². The van der Waals surface area contributed by atoms with Gasteiger partial charge >= 0.3 is 0 Å². The Morgan fingerprint density at radius 3 is 2.40 bits per heavy atom. The monoisotopic (exact) mass is 293 g/mol. The summed E-state index contributed by atoms with van der Waals surface area (Å²) in [6, 6.07) is 6.48. The molecule has 1 aliphatic heterocycles. The topological polar surface area (TPSA) is 41.7 Å². The molecule has 5 heteroatoms. The molecule has 0 amide bonds. The molecule has 1 aliphatic rings. The molecular formula is C15H23N3OS. The van der Waals surface area contributed by atoms with E-state index >= 15 is 0 Å². The van der Waals surface area contributed by atoms with Crippen molar-refractivity contribution in [2.24, 2.45) is 5.73 Å². The van der Waals surface area contributed by atoms with Gasteiger partial charge in [-0.25, -0.2) is 0 Å². The molecule has 0 aromatic heterocycles. The number of benzene rings is 1. The van der Waals surface area contributed by atoms with Crippen LogP contribution in [-0.2, 0) is 0 Å². The van der Waals surface area contributed by atoms with Crippen molar-refractivity contribution in [1.82, 2.24) is 4.90 Å². The van der Waals surface area contributed by atoms with Crippen LogP contribution in [0.2, 0.25) is 0 Å². The number of hydrogen-bond donors (Lipinski definition) is 1. The largest absolute Gasteiger partial charge is 0.497 e.